The fourth-order valence-electron chi connectivity index (χ4n) is 2.21. The summed E-state index contributed by atoms with van der Waals surface area (Å²) in [7, 11) is 0. The van der Waals surface area contributed by atoms with Gasteiger partial charge >= 0.3 is 0 Å². The maximum Gasteiger partial charge on any atom is 0.130 e. The molecule has 0 unspecified atom stereocenters. The van der Waals surface area contributed by atoms with Crippen molar-refractivity contribution in [2.75, 3.05) is 17.6 Å². The van der Waals surface area contributed by atoms with Crippen LogP contribution in [0.25, 0.3) is 0 Å². The molecular formula is C18H18ClN3. The van der Waals surface area contributed by atoms with Gasteiger partial charge < -0.3 is 11.1 Å². The van der Waals surface area contributed by atoms with Crippen molar-refractivity contribution >= 4 is 23.0 Å². The van der Waals surface area contributed by atoms with Gasteiger partial charge in [0.2, 0.25) is 0 Å². The highest BCUT2D eigenvalue weighted by atomic mass is 35.5. The largest absolute Gasteiger partial charge is 0.397 e. The molecule has 22 heavy (non-hydrogen) atoms. The Morgan fingerprint density at radius 1 is 1.32 bits per heavy atom. The van der Waals surface area contributed by atoms with E-state index in [0.717, 1.165) is 40.5 Å². The fourth-order valence-corrected chi connectivity index (χ4v) is 2.39. The number of hydrogen-bond donors (Lipinski definition) is 2. The van der Waals surface area contributed by atoms with E-state index >= 15 is 0 Å². The number of rotatable bonds is 3. The van der Waals surface area contributed by atoms with Crippen molar-refractivity contribution in [1.29, 1.82) is 0 Å². The summed E-state index contributed by atoms with van der Waals surface area (Å²) >= 11 is 5.86. The van der Waals surface area contributed by atoms with Crippen molar-refractivity contribution in [2.24, 2.45) is 5.92 Å². The minimum absolute atomic E-state index is 0.447. The Morgan fingerprint density at radius 2 is 2.14 bits per heavy atom. The van der Waals surface area contributed by atoms with E-state index in [0.29, 0.717) is 5.15 Å². The third-order valence-corrected chi connectivity index (χ3v) is 4.07. The van der Waals surface area contributed by atoms with Crippen LogP contribution in [0.2, 0.25) is 5.15 Å². The van der Waals surface area contributed by atoms with E-state index < -0.39 is 0 Å². The molecule has 0 aliphatic heterocycles. The number of aromatic nitrogens is 1. The van der Waals surface area contributed by atoms with Crippen LogP contribution in [-0.2, 0) is 0 Å². The van der Waals surface area contributed by atoms with Crippen LogP contribution in [0.1, 0.15) is 29.5 Å². The van der Waals surface area contributed by atoms with E-state index in [1.165, 1.54) is 12.8 Å². The molecule has 1 aromatic carbocycles. The van der Waals surface area contributed by atoms with Crippen LogP contribution in [0.3, 0.4) is 0 Å². The SMILES string of the molecule is Cc1c(C#Cc2ccnc(Cl)c2)ccc(NCC2CC2)c1N. The monoisotopic (exact) mass is 311 g/mol. The molecule has 1 aliphatic carbocycles. The lowest BCUT2D eigenvalue weighted by atomic mass is 10.0. The highest BCUT2D eigenvalue weighted by molar-refractivity contribution is 6.29. The average molecular weight is 312 g/mol. The number of nitrogen functional groups attached to an aromatic ring is 1. The minimum atomic E-state index is 0.447. The van der Waals surface area contributed by atoms with Gasteiger partial charge in [-0.1, -0.05) is 23.4 Å². The van der Waals surface area contributed by atoms with Crippen molar-refractivity contribution in [3.05, 3.63) is 52.3 Å². The van der Waals surface area contributed by atoms with Gasteiger partial charge in [0, 0.05) is 23.9 Å². The van der Waals surface area contributed by atoms with E-state index in [1.54, 1.807) is 12.3 Å². The molecule has 4 heteroatoms. The number of halogens is 1. The Hall–Kier alpha value is -2.18. The zero-order valence-electron chi connectivity index (χ0n) is 12.5. The van der Waals surface area contributed by atoms with E-state index in [9.17, 15) is 0 Å². The van der Waals surface area contributed by atoms with Crippen LogP contribution in [0.4, 0.5) is 11.4 Å². The highest BCUT2D eigenvalue weighted by Crippen LogP contribution is 2.31. The maximum absolute atomic E-state index is 6.22. The quantitative estimate of drug-likeness (QED) is 0.514. The van der Waals surface area contributed by atoms with Crippen molar-refractivity contribution in [2.45, 2.75) is 19.8 Å². The summed E-state index contributed by atoms with van der Waals surface area (Å²) in [4.78, 5) is 3.95. The van der Waals surface area contributed by atoms with E-state index in [1.807, 2.05) is 25.1 Å². The summed E-state index contributed by atoms with van der Waals surface area (Å²) < 4.78 is 0. The van der Waals surface area contributed by atoms with Crippen LogP contribution >= 0.6 is 11.6 Å². The van der Waals surface area contributed by atoms with Crippen LogP contribution < -0.4 is 11.1 Å². The molecule has 1 aromatic heterocycles. The number of nitrogens with two attached hydrogens (primary N) is 1. The number of benzene rings is 1. The number of hydrogen-bond acceptors (Lipinski definition) is 3. The van der Waals surface area contributed by atoms with Gasteiger partial charge in [0.05, 0.1) is 11.4 Å². The van der Waals surface area contributed by atoms with Crippen molar-refractivity contribution in [1.82, 2.24) is 4.98 Å². The summed E-state index contributed by atoms with van der Waals surface area (Å²) in [6.45, 7) is 3.01. The zero-order chi connectivity index (χ0) is 15.5. The Bertz CT molecular complexity index is 755. The minimum Gasteiger partial charge on any atom is -0.397 e. The second-order valence-electron chi connectivity index (χ2n) is 5.64. The summed E-state index contributed by atoms with van der Waals surface area (Å²) in [6.07, 6.45) is 4.30. The summed E-state index contributed by atoms with van der Waals surface area (Å²) in [5, 5.41) is 3.87. The van der Waals surface area contributed by atoms with Crippen molar-refractivity contribution < 1.29 is 0 Å². The number of nitrogens with zero attached hydrogens (tertiary/aromatic N) is 1. The Morgan fingerprint density at radius 3 is 2.86 bits per heavy atom. The summed E-state index contributed by atoms with van der Waals surface area (Å²) in [5.74, 6) is 7.07. The Labute approximate surface area is 135 Å². The van der Waals surface area contributed by atoms with Crippen LogP contribution in [0.5, 0.6) is 0 Å². The molecular weight excluding hydrogens is 294 g/mol. The third kappa shape index (κ3) is 3.52. The van der Waals surface area contributed by atoms with Gasteiger partial charge in [-0.3, -0.25) is 0 Å². The first-order valence-electron chi connectivity index (χ1n) is 7.40. The van der Waals surface area contributed by atoms with Gasteiger partial charge in [-0.05, 0) is 55.5 Å². The van der Waals surface area contributed by atoms with E-state index in [-0.39, 0.29) is 0 Å². The Balaban J connectivity index is 1.81. The molecule has 1 saturated carbocycles. The second-order valence-corrected chi connectivity index (χ2v) is 6.03. The molecule has 1 heterocycles. The lowest BCUT2D eigenvalue weighted by Gasteiger charge is -2.12. The maximum atomic E-state index is 6.22. The highest BCUT2D eigenvalue weighted by Gasteiger charge is 2.21. The van der Waals surface area contributed by atoms with Crippen LogP contribution in [-0.4, -0.2) is 11.5 Å². The molecule has 3 N–H and O–H groups in total. The van der Waals surface area contributed by atoms with Gasteiger partial charge in [0.15, 0.2) is 0 Å². The Kier molecular flexibility index (Phi) is 4.22. The van der Waals surface area contributed by atoms with Gasteiger partial charge in [-0.2, -0.15) is 0 Å². The lowest BCUT2D eigenvalue weighted by molar-refractivity contribution is 0.889. The predicted molar refractivity (Wildman–Crippen MR) is 92.0 cm³/mol. The molecule has 2 aromatic rings. The molecule has 0 atom stereocenters. The molecule has 3 nitrogen and oxygen atoms in total. The topological polar surface area (TPSA) is 50.9 Å². The van der Waals surface area contributed by atoms with Gasteiger partial charge in [-0.25, -0.2) is 4.98 Å². The smallest absolute Gasteiger partial charge is 0.130 e. The van der Waals surface area contributed by atoms with Gasteiger partial charge in [0.25, 0.3) is 0 Å². The first-order valence-corrected chi connectivity index (χ1v) is 7.78. The zero-order valence-corrected chi connectivity index (χ0v) is 13.2. The normalized spacial score (nSPS) is 13.4. The standard InChI is InChI=1S/C18H18ClN3/c1-12-15(5-4-13-8-9-21-17(19)10-13)6-7-16(18(12)20)22-11-14-2-3-14/h6-10,14,22H,2-3,11,20H2,1H3. The second kappa shape index (κ2) is 6.29. The number of nitrogens with one attached hydrogen (secondary N) is 1. The molecule has 0 radical (unpaired) electrons. The van der Waals surface area contributed by atoms with Gasteiger partial charge in [0.1, 0.15) is 5.15 Å². The molecule has 1 aliphatic rings. The van der Waals surface area contributed by atoms with Crippen molar-refractivity contribution in [3.63, 3.8) is 0 Å². The molecule has 3 rings (SSSR count). The third-order valence-electron chi connectivity index (χ3n) is 3.86. The first kappa shape index (κ1) is 14.7. The van der Waals surface area contributed by atoms with Crippen LogP contribution in [0, 0.1) is 24.7 Å². The predicted octanol–water partition coefficient (Wildman–Crippen LogP) is 3.85. The molecule has 0 amide bonds. The molecule has 112 valence electrons. The lowest BCUT2D eigenvalue weighted by Crippen LogP contribution is -2.07. The number of anilines is 2. The molecule has 0 saturated heterocycles. The fraction of sp³-hybridized carbons (Fsp3) is 0.278. The summed E-state index contributed by atoms with van der Waals surface area (Å²) in [5.41, 5.74) is 10.8. The first-order chi connectivity index (χ1) is 10.6. The molecule has 0 bridgehead atoms. The van der Waals surface area contributed by atoms with Crippen LogP contribution in [0.15, 0.2) is 30.5 Å². The molecule has 0 spiro atoms. The molecule has 1 fully saturated rings. The number of pyridine rings is 1. The van der Waals surface area contributed by atoms with E-state index in [2.05, 4.69) is 22.1 Å². The summed E-state index contributed by atoms with van der Waals surface area (Å²) in [6, 6.07) is 7.60. The average Bonchev–Trinajstić information content (AvgIpc) is 3.32. The van der Waals surface area contributed by atoms with Gasteiger partial charge in [-0.15, -0.1) is 0 Å². The van der Waals surface area contributed by atoms with E-state index in [4.69, 9.17) is 17.3 Å². The van der Waals surface area contributed by atoms with Crippen molar-refractivity contribution in [3.8, 4) is 11.8 Å².